The van der Waals surface area contributed by atoms with E-state index in [1.165, 1.54) is 7.11 Å². The molecule has 3 rings (SSSR count). The fraction of sp³-hybridized carbons (Fsp3) is 0.304. The molecule has 8 heteroatoms. The Labute approximate surface area is 177 Å². The molecule has 1 aliphatic carbocycles. The van der Waals surface area contributed by atoms with Crippen LogP contribution in [0, 0.1) is 23.4 Å². The molecule has 0 spiro atoms. The number of carbonyl (C=O) groups is 2. The highest BCUT2D eigenvalue weighted by molar-refractivity contribution is 5.95. The largest absolute Gasteiger partial charge is 0.497 e. The second-order valence-electron chi connectivity index (χ2n) is 7.12. The van der Waals surface area contributed by atoms with E-state index in [0.29, 0.717) is 29.9 Å². The number of hydrogen-bond donors (Lipinski definition) is 1. The highest BCUT2D eigenvalue weighted by atomic mass is 19.1. The van der Waals surface area contributed by atoms with Crippen LogP contribution in [-0.4, -0.2) is 31.6 Å². The van der Waals surface area contributed by atoms with Crippen molar-refractivity contribution in [2.45, 2.75) is 25.3 Å². The minimum absolute atomic E-state index is 0.207. The molecule has 31 heavy (non-hydrogen) atoms. The van der Waals surface area contributed by atoms with Gasteiger partial charge in [0.05, 0.1) is 19.6 Å². The summed E-state index contributed by atoms with van der Waals surface area (Å²) in [6, 6.07) is 7.38. The number of carbonyl (C=O) groups excluding carboxylic acids is 2. The first kappa shape index (κ1) is 22.4. The van der Waals surface area contributed by atoms with Gasteiger partial charge in [0.2, 0.25) is 0 Å². The van der Waals surface area contributed by atoms with Gasteiger partial charge in [-0.1, -0.05) is 24.3 Å². The van der Waals surface area contributed by atoms with Crippen LogP contribution in [0.15, 0.2) is 48.6 Å². The van der Waals surface area contributed by atoms with Gasteiger partial charge in [-0.25, -0.2) is 13.2 Å². The van der Waals surface area contributed by atoms with Crippen molar-refractivity contribution in [2.24, 2.45) is 5.92 Å². The van der Waals surface area contributed by atoms with Crippen LogP contribution in [0.5, 0.6) is 5.75 Å². The summed E-state index contributed by atoms with van der Waals surface area (Å²) in [6.45, 7) is 1.92. The zero-order valence-electron chi connectivity index (χ0n) is 17.0. The molecule has 2 aromatic rings. The van der Waals surface area contributed by atoms with E-state index in [0.717, 1.165) is 0 Å². The van der Waals surface area contributed by atoms with Gasteiger partial charge in [0.15, 0.2) is 0 Å². The number of amides is 1. The van der Waals surface area contributed by atoms with E-state index in [1.807, 2.05) is 0 Å². The number of nitrogens with one attached hydrogen (secondary N) is 1. The smallest absolute Gasteiger partial charge is 0.314 e. The number of methoxy groups -OCH3 is 1. The number of esters is 1. The standard InChI is InChI=1S/C23H22F3NO4/c1-3-31-23(29)20(13-5-4-6-17(10-13)30-2)14-7-8-16(9-14)27-22(28)21-18(25)11-15(24)12-19(21)26/h4-8,10-12,14,16,20H,3,9H2,1-2H3,(H,27,28)/t14-,16+,20-/m1/s1. The third-order valence-electron chi connectivity index (χ3n) is 5.09. The molecule has 0 aromatic heterocycles. The highest BCUT2D eigenvalue weighted by Gasteiger charge is 2.35. The fourth-order valence-electron chi connectivity index (χ4n) is 3.71. The molecule has 3 atom stereocenters. The molecule has 2 aromatic carbocycles. The number of benzene rings is 2. The van der Waals surface area contributed by atoms with Gasteiger partial charge in [0.25, 0.3) is 5.91 Å². The Morgan fingerprint density at radius 2 is 1.84 bits per heavy atom. The maximum Gasteiger partial charge on any atom is 0.314 e. The Morgan fingerprint density at radius 1 is 1.13 bits per heavy atom. The molecule has 0 saturated carbocycles. The van der Waals surface area contributed by atoms with E-state index in [2.05, 4.69) is 5.32 Å². The van der Waals surface area contributed by atoms with Crippen LogP contribution >= 0.6 is 0 Å². The second kappa shape index (κ2) is 9.68. The Balaban J connectivity index is 1.77. The predicted octanol–water partition coefficient (Wildman–Crippen LogP) is 4.13. The summed E-state index contributed by atoms with van der Waals surface area (Å²) in [5.74, 6) is -5.48. The molecule has 0 aliphatic heterocycles. The number of halogens is 3. The van der Waals surface area contributed by atoms with Crippen molar-refractivity contribution in [3.8, 4) is 5.75 Å². The minimum atomic E-state index is -1.28. The van der Waals surface area contributed by atoms with Crippen molar-refractivity contribution < 1.29 is 32.2 Å². The lowest BCUT2D eigenvalue weighted by atomic mass is 9.85. The van der Waals surface area contributed by atoms with Crippen molar-refractivity contribution in [1.82, 2.24) is 5.32 Å². The maximum atomic E-state index is 13.9. The number of rotatable bonds is 7. The van der Waals surface area contributed by atoms with Crippen molar-refractivity contribution in [3.05, 3.63) is 77.1 Å². The lowest BCUT2D eigenvalue weighted by molar-refractivity contribution is -0.146. The summed E-state index contributed by atoms with van der Waals surface area (Å²) in [5, 5.41) is 2.52. The van der Waals surface area contributed by atoms with Gasteiger partial charge in [0.1, 0.15) is 28.8 Å². The van der Waals surface area contributed by atoms with Gasteiger partial charge in [0, 0.05) is 18.2 Å². The van der Waals surface area contributed by atoms with Crippen molar-refractivity contribution in [1.29, 1.82) is 0 Å². The van der Waals surface area contributed by atoms with Crippen LogP contribution in [0.2, 0.25) is 0 Å². The first-order chi connectivity index (χ1) is 14.8. The molecule has 1 aliphatic rings. The van der Waals surface area contributed by atoms with Gasteiger partial charge < -0.3 is 14.8 Å². The molecule has 0 heterocycles. The van der Waals surface area contributed by atoms with E-state index in [9.17, 15) is 22.8 Å². The molecular formula is C23H22F3NO4. The lowest BCUT2D eigenvalue weighted by Crippen LogP contribution is -2.35. The summed E-state index contributed by atoms with van der Waals surface area (Å²) in [7, 11) is 1.52. The van der Waals surface area contributed by atoms with E-state index < -0.39 is 46.9 Å². The van der Waals surface area contributed by atoms with E-state index >= 15 is 0 Å². The van der Waals surface area contributed by atoms with Crippen LogP contribution in [0.3, 0.4) is 0 Å². The summed E-state index contributed by atoms with van der Waals surface area (Å²) < 4.78 is 51.4. The van der Waals surface area contributed by atoms with Gasteiger partial charge >= 0.3 is 5.97 Å². The fourth-order valence-corrected chi connectivity index (χ4v) is 3.71. The third kappa shape index (κ3) is 5.07. The molecule has 0 radical (unpaired) electrons. The normalized spacial score (nSPS) is 18.5. The minimum Gasteiger partial charge on any atom is -0.497 e. The molecule has 1 N–H and O–H groups in total. The zero-order valence-corrected chi connectivity index (χ0v) is 17.0. The van der Waals surface area contributed by atoms with Crippen molar-refractivity contribution in [3.63, 3.8) is 0 Å². The number of hydrogen-bond acceptors (Lipinski definition) is 4. The van der Waals surface area contributed by atoms with Crippen molar-refractivity contribution >= 4 is 11.9 Å². The average Bonchev–Trinajstić information content (AvgIpc) is 3.15. The third-order valence-corrected chi connectivity index (χ3v) is 5.09. The highest BCUT2D eigenvalue weighted by Crippen LogP contribution is 2.36. The summed E-state index contributed by atoms with van der Waals surface area (Å²) in [4.78, 5) is 25.0. The van der Waals surface area contributed by atoms with Crippen molar-refractivity contribution in [2.75, 3.05) is 13.7 Å². The second-order valence-corrected chi connectivity index (χ2v) is 7.12. The van der Waals surface area contributed by atoms with Crippen LogP contribution in [0.1, 0.15) is 35.2 Å². The summed E-state index contributed by atoms with van der Waals surface area (Å²) in [6.07, 6.45) is 3.74. The molecule has 0 bridgehead atoms. The van der Waals surface area contributed by atoms with Gasteiger partial charge in [-0.3, -0.25) is 9.59 Å². The lowest BCUT2D eigenvalue weighted by Gasteiger charge is -2.23. The Morgan fingerprint density at radius 3 is 2.48 bits per heavy atom. The van der Waals surface area contributed by atoms with E-state index in [-0.39, 0.29) is 12.5 Å². The monoisotopic (exact) mass is 433 g/mol. The maximum absolute atomic E-state index is 13.9. The van der Waals surface area contributed by atoms with Crippen LogP contribution in [-0.2, 0) is 9.53 Å². The predicted molar refractivity (Wildman–Crippen MR) is 107 cm³/mol. The summed E-state index contributed by atoms with van der Waals surface area (Å²) in [5.41, 5.74) is -0.164. The molecule has 5 nitrogen and oxygen atoms in total. The van der Waals surface area contributed by atoms with E-state index in [4.69, 9.17) is 9.47 Å². The van der Waals surface area contributed by atoms with Gasteiger partial charge in [-0.2, -0.15) is 0 Å². The van der Waals surface area contributed by atoms with Gasteiger partial charge in [-0.15, -0.1) is 0 Å². The molecule has 164 valence electrons. The zero-order chi connectivity index (χ0) is 22.5. The molecule has 1 amide bonds. The average molecular weight is 433 g/mol. The summed E-state index contributed by atoms with van der Waals surface area (Å²) >= 11 is 0. The SMILES string of the molecule is CCOC(=O)[C@H](c1cccc(OC)c1)[C@@H]1C=C[C@H](NC(=O)c2c(F)cc(F)cc2F)C1. The van der Waals surface area contributed by atoms with Crippen LogP contribution in [0.4, 0.5) is 13.2 Å². The quantitative estimate of drug-likeness (QED) is 0.527. The molecule has 0 unspecified atom stereocenters. The Bertz CT molecular complexity index is 985. The Kier molecular flexibility index (Phi) is 6.99. The molecule has 0 saturated heterocycles. The van der Waals surface area contributed by atoms with Crippen LogP contribution in [0.25, 0.3) is 0 Å². The van der Waals surface area contributed by atoms with E-state index in [1.54, 1.807) is 43.3 Å². The Hall–Kier alpha value is -3.29. The van der Waals surface area contributed by atoms with Gasteiger partial charge in [-0.05, 0) is 37.0 Å². The first-order valence-corrected chi connectivity index (χ1v) is 9.78. The molecule has 0 fully saturated rings. The topological polar surface area (TPSA) is 64.6 Å². The number of allylic oxidation sites excluding steroid dienone is 1. The first-order valence-electron chi connectivity index (χ1n) is 9.78. The van der Waals surface area contributed by atoms with Crippen LogP contribution < -0.4 is 10.1 Å². The number of ether oxygens (including phenoxy) is 2. The molecular weight excluding hydrogens is 411 g/mol.